The van der Waals surface area contributed by atoms with Crippen LogP contribution in [-0.2, 0) is 10.0 Å². The van der Waals surface area contributed by atoms with Crippen LogP contribution in [0.1, 0.15) is 16.1 Å². The lowest BCUT2D eigenvalue weighted by atomic mass is 10.2. The van der Waals surface area contributed by atoms with Gasteiger partial charge in [-0.25, -0.2) is 8.42 Å². The van der Waals surface area contributed by atoms with Crippen LogP contribution < -0.4 is 20.1 Å². The molecule has 1 amide bonds. The molecule has 0 spiro atoms. The number of carbonyl (C=O) groups excluding carboxylic acids is 1. The van der Waals surface area contributed by atoms with Crippen LogP contribution in [0.2, 0.25) is 0 Å². The first-order valence-corrected chi connectivity index (χ1v) is 10.5. The van der Waals surface area contributed by atoms with E-state index < -0.39 is 10.0 Å². The fourth-order valence-corrected chi connectivity index (χ4v) is 3.60. The summed E-state index contributed by atoms with van der Waals surface area (Å²) in [6.07, 6.45) is 0. The van der Waals surface area contributed by atoms with Gasteiger partial charge in [-0.05, 0) is 67.7 Å². The molecule has 11 heteroatoms. The standard InChI is InChI=1S/C19H18N4O5S2/c1-12-11-17(22-28-12)23-30(25,26)16-9-5-14(6-10-16)20-19(29)21-18(24)13-3-7-15(27-2)8-4-13/h3-11H,1-2H3,(H,22,23)(H2,20,21,24,29). The van der Waals surface area contributed by atoms with Gasteiger partial charge in [-0.2, -0.15) is 0 Å². The molecule has 1 heterocycles. The molecule has 0 fully saturated rings. The largest absolute Gasteiger partial charge is 0.497 e. The number of ether oxygens (including phenoxy) is 1. The number of benzene rings is 2. The van der Waals surface area contributed by atoms with Gasteiger partial charge in [0.25, 0.3) is 15.9 Å². The first kappa shape index (κ1) is 21.3. The molecule has 0 saturated carbocycles. The molecule has 3 N–H and O–H groups in total. The van der Waals surface area contributed by atoms with Crippen molar-refractivity contribution < 1.29 is 22.5 Å². The molecule has 3 aromatic rings. The van der Waals surface area contributed by atoms with Crippen molar-refractivity contribution in [3.05, 3.63) is 65.9 Å². The maximum atomic E-state index is 12.4. The predicted octanol–water partition coefficient (Wildman–Crippen LogP) is 2.92. The van der Waals surface area contributed by atoms with E-state index in [1.807, 2.05) is 0 Å². The topological polar surface area (TPSA) is 123 Å². The van der Waals surface area contributed by atoms with Gasteiger partial charge in [0, 0.05) is 17.3 Å². The van der Waals surface area contributed by atoms with E-state index in [1.165, 1.54) is 37.4 Å². The molecule has 0 aliphatic rings. The third-order valence-electron chi connectivity index (χ3n) is 3.87. The second-order valence-electron chi connectivity index (χ2n) is 6.09. The molecule has 0 radical (unpaired) electrons. The van der Waals surface area contributed by atoms with Gasteiger partial charge in [0.2, 0.25) is 0 Å². The Morgan fingerprint density at radius 1 is 1.10 bits per heavy atom. The van der Waals surface area contributed by atoms with Crippen molar-refractivity contribution in [3.8, 4) is 5.75 Å². The van der Waals surface area contributed by atoms with Gasteiger partial charge < -0.3 is 14.6 Å². The van der Waals surface area contributed by atoms with E-state index in [4.69, 9.17) is 21.5 Å². The normalized spacial score (nSPS) is 10.9. The first-order chi connectivity index (χ1) is 14.3. The molecule has 30 heavy (non-hydrogen) atoms. The van der Waals surface area contributed by atoms with Crippen molar-refractivity contribution in [1.82, 2.24) is 10.5 Å². The lowest BCUT2D eigenvalue weighted by molar-refractivity contribution is 0.0977. The van der Waals surface area contributed by atoms with Crippen LogP contribution in [-0.4, -0.2) is 31.7 Å². The molecule has 0 aliphatic heterocycles. The fourth-order valence-electron chi connectivity index (χ4n) is 2.41. The second kappa shape index (κ2) is 8.93. The van der Waals surface area contributed by atoms with Crippen molar-refractivity contribution >= 4 is 44.8 Å². The molecule has 3 rings (SSSR count). The first-order valence-electron chi connectivity index (χ1n) is 8.59. The zero-order valence-corrected chi connectivity index (χ0v) is 17.6. The van der Waals surface area contributed by atoms with E-state index in [2.05, 4.69) is 20.5 Å². The summed E-state index contributed by atoms with van der Waals surface area (Å²) in [6.45, 7) is 1.65. The van der Waals surface area contributed by atoms with Crippen molar-refractivity contribution in [1.29, 1.82) is 0 Å². The van der Waals surface area contributed by atoms with Gasteiger partial charge in [0.15, 0.2) is 10.9 Å². The molecule has 0 saturated heterocycles. The molecule has 0 aliphatic carbocycles. The summed E-state index contributed by atoms with van der Waals surface area (Å²) in [6, 6.07) is 13.9. The molecule has 2 aromatic carbocycles. The Labute approximate surface area is 178 Å². The number of thiocarbonyl (C=S) groups is 1. The SMILES string of the molecule is COc1ccc(C(=O)NC(=S)Nc2ccc(S(=O)(=O)Nc3cc(C)on3)cc2)cc1. The quantitative estimate of drug-likeness (QED) is 0.494. The summed E-state index contributed by atoms with van der Waals surface area (Å²) in [5, 5.41) is 9.06. The molecule has 0 atom stereocenters. The molecule has 9 nitrogen and oxygen atoms in total. The lowest BCUT2D eigenvalue weighted by Gasteiger charge is -2.11. The highest BCUT2D eigenvalue weighted by Gasteiger charge is 2.16. The van der Waals surface area contributed by atoms with Crippen LogP contribution >= 0.6 is 12.2 Å². The highest BCUT2D eigenvalue weighted by molar-refractivity contribution is 7.92. The predicted molar refractivity (Wildman–Crippen MR) is 115 cm³/mol. The van der Waals surface area contributed by atoms with Crippen molar-refractivity contribution in [3.63, 3.8) is 0 Å². The number of carbonyl (C=O) groups is 1. The van der Waals surface area contributed by atoms with Crippen LogP contribution in [0.4, 0.5) is 11.5 Å². The minimum atomic E-state index is -3.82. The fraction of sp³-hybridized carbons (Fsp3) is 0.105. The third kappa shape index (κ3) is 5.33. The Hall–Kier alpha value is -3.44. The van der Waals surface area contributed by atoms with E-state index in [0.717, 1.165) is 0 Å². The van der Waals surface area contributed by atoms with E-state index in [1.54, 1.807) is 31.2 Å². The summed E-state index contributed by atoms with van der Waals surface area (Å²) in [5.74, 6) is 0.825. The number of aryl methyl sites for hydroxylation is 1. The zero-order valence-electron chi connectivity index (χ0n) is 16.0. The minimum absolute atomic E-state index is 0.0295. The highest BCUT2D eigenvalue weighted by Crippen LogP contribution is 2.18. The third-order valence-corrected chi connectivity index (χ3v) is 5.44. The van der Waals surface area contributed by atoms with Crippen LogP contribution in [0.5, 0.6) is 5.75 Å². The summed E-state index contributed by atoms with van der Waals surface area (Å²) in [4.78, 5) is 12.3. The van der Waals surface area contributed by atoms with E-state index >= 15 is 0 Å². The van der Waals surface area contributed by atoms with Gasteiger partial charge in [0.1, 0.15) is 11.5 Å². The minimum Gasteiger partial charge on any atom is -0.497 e. The van der Waals surface area contributed by atoms with Crippen LogP contribution in [0.25, 0.3) is 0 Å². The maximum Gasteiger partial charge on any atom is 0.263 e. The molecule has 0 unspecified atom stereocenters. The Kier molecular flexibility index (Phi) is 6.33. The van der Waals surface area contributed by atoms with E-state index in [9.17, 15) is 13.2 Å². The van der Waals surface area contributed by atoms with Crippen LogP contribution in [0, 0.1) is 6.92 Å². The summed E-state index contributed by atoms with van der Waals surface area (Å²) < 4.78 is 37.0. The van der Waals surface area contributed by atoms with Crippen LogP contribution in [0.3, 0.4) is 0 Å². The summed E-state index contributed by atoms with van der Waals surface area (Å²) in [5.41, 5.74) is 0.918. The zero-order chi connectivity index (χ0) is 21.7. The van der Waals surface area contributed by atoms with Gasteiger partial charge >= 0.3 is 0 Å². The average molecular weight is 447 g/mol. The smallest absolute Gasteiger partial charge is 0.263 e. The number of rotatable bonds is 6. The Morgan fingerprint density at radius 3 is 2.33 bits per heavy atom. The van der Waals surface area contributed by atoms with E-state index in [-0.39, 0.29) is 21.7 Å². The number of amides is 1. The van der Waals surface area contributed by atoms with Crippen molar-refractivity contribution in [2.24, 2.45) is 0 Å². The van der Waals surface area contributed by atoms with Crippen molar-refractivity contribution in [2.75, 3.05) is 17.1 Å². The van der Waals surface area contributed by atoms with Gasteiger partial charge in [0.05, 0.1) is 12.0 Å². The van der Waals surface area contributed by atoms with Gasteiger partial charge in [-0.15, -0.1) is 0 Å². The highest BCUT2D eigenvalue weighted by atomic mass is 32.2. The number of sulfonamides is 1. The summed E-state index contributed by atoms with van der Waals surface area (Å²) >= 11 is 5.14. The number of hydrogen-bond donors (Lipinski definition) is 3. The van der Waals surface area contributed by atoms with E-state index in [0.29, 0.717) is 22.8 Å². The number of nitrogens with zero attached hydrogens (tertiary/aromatic N) is 1. The monoisotopic (exact) mass is 446 g/mol. The Morgan fingerprint density at radius 2 is 1.77 bits per heavy atom. The maximum absolute atomic E-state index is 12.4. The number of methoxy groups -OCH3 is 1. The molecule has 0 bridgehead atoms. The molecular formula is C19H18N4O5S2. The second-order valence-corrected chi connectivity index (χ2v) is 8.18. The number of hydrogen-bond acceptors (Lipinski definition) is 7. The Bertz CT molecular complexity index is 1160. The summed E-state index contributed by atoms with van der Waals surface area (Å²) in [7, 11) is -2.28. The van der Waals surface area contributed by atoms with Gasteiger partial charge in [-0.1, -0.05) is 5.16 Å². The van der Waals surface area contributed by atoms with Gasteiger partial charge in [-0.3, -0.25) is 14.8 Å². The van der Waals surface area contributed by atoms with Crippen LogP contribution in [0.15, 0.2) is 64.0 Å². The Balaban J connectivity index is 1.60. The average Bonchev–Trinajstić information content (AvgIpc) is 3.12. The number of nitrogens with one attached hydrogen (secondary N) is 3. The number of aromatic nitrogens is 1. The van der Waals surface area contributed by atoms with Crippen molar-refractivity contribution in [2.45, 2.75) is 11.8 Å². The lowest BCUT2D eigenvalue weighted by Crippen LogP contribution is -2.34. The molecule has 1 aromatic heterocycles. The number of anilines is 2. The molecular weight excluding hydrogens is 428 g/mol. The molecule has 156 valence electrons.